The van der Waals surface area contributed by atoms with Crippen LogP contribution in [0.25, 0.3) is 0 Å². The topological polar surface area (TPSA) is 78.0 Å². The van der Waals surface area contributed by atoms with Crippen LogP contribution in [-0.2, 0) is 33.4 Å². The molecule has 1 fully saturated rings. The van der Waals surface area contributed by atoms with E-state index in [1.54, 1.807) is 41.7 Å². The summed E-state index contributed by atoms with van der Waals surface area (Å²) < 4.78 is 29.6. The van der Waals surface area contributed by atoms with Crippen molar-refractivity contribution in [3.05, 3.63) is 69.7 Å². The SMILES string of the molecule is BC1C(N2Cc3cc(CN(B)C(=O)C(F)(F)c4ccc(Cl)cc4)ccc3C2=O)C(=O)N(B)C(=O)C1(B)B. The van der Waals surface area contributed by atoms with E-state index in [0.717, 1.165) is 21.8 Å². The fourth-order valence-electron chi connectivity index (χ4n) is 5.02. The summed E-state index contributed by atoms with van der Waals surface area (Å²) in [7, 11) is 8.01. The van der Waals surface area contributed by atoms with E-state index in [4.69, 9.17) is 11.6 Å². The number of imide groups is 1. The van der Waals surface area contributed by atoms with Crippen molar-refractivity contribution in [1.29, 1.82) is 0 Å². The van der Waals surface area contributed by atoms with E-state index in [1.807, 2.05) is 0 Å². The number of rotatable bonds is 5. The van der Waals surface area contributed by atoms with E-state index in [9.17, 15) is 28.0 Å². The normalized spacial score (nSPS) is 21.2. The van der Waals surface area contributed by atoms with Crippen LogP contribution in [0.4, 0.5) is 8.78 Å². The second kappa shape index (κ2) is 9.38. The van der Waals surface area contributed by atoms with Crippen molar-refractivity contribution in [2.45, 2.75) is 36.1 Å². The fourth-order valence-corrected chi connectivity index (χ4v) is 5.15. The van der Waals surface area contributed by atoms with Crippen LogP contribution in [0.1, 0.15) is 27.0 Å². The van der Waals surface area contributed by atoms with E-state index in [2.05, 4.69) is 0 Å². The van der Waals surface area contributed by atoms with Gasteiger partial charge in [0.2, 0.25) is 27.8 Å². The van der Waals surface area contributed by atoms with Crippen LogP contribution >= 0.6 is 11.6 Å². The van der Waals surface area contributed by atoms with Gasteiger partial charge in [-0.3, -0.25) is 19.2 Å². The van der Waals surface area contributed by atoms with E-state index in [-0.39, 0.29) is 29.9 Å². The third kappa shape index (κ3) is 4.49. The molecule has 0 bridgehead atoms. The quantitative estimate of drug-likeness (QED) is 0.339. The Labute approximate surface area is 222 Å². The standard InChI is InChI=1S/C22H23B5ClF2N3O4/c23-16-15(18(35)33(27)19(36)21(16,24)25)31-9-11-7-10(1-6-14(11)17(31)34)8-32(26)20(37)22(29,30)12-2-4-13(28)5-3-12/h1-7,15-16H,8-9,23-27H2. The zero-order valence-corrected chi connectivity index (χ0v) is 22.0. The van der Waals surface area contributed by atoms with Gasteiger partial charge in [-0.1, -0.05) is 35.9 Å². The minimum absolute atomic E-state index is 0.105. The fraction of sp³-hybridized carbons (Fsp3) is 0.273. The maximum Gasteiger partial charge on any atom is 0.348 e. The molecule has 2 aromatic carbocycles. The van der Waals surface area contributed by atoms with Gasteiger partial charge in [-0.15, -0.1) is 0 Å². The summed E-state index contributed by atoms with van der Waals surface area (Å²) in [5.74, 6) is -6.59. The molecule has 4 amide bonds. The van der Waals surface area contributed by atoms with Gasteiger partial charge in [0.05, 0.1) is 0 Å². The molecule has 1 saturated heterocycles. The van der Waals surface area contributed by atoms with Crippen LogP contribution < -0.4 is 0 Å². The number of carbonyl (C=O) groups is 4. The molecular weight excluding hydrogens is 498 g/mol. The molecule has 15 heteroatoms. The highest BCUT2D eigenvalue weighted by Gasteiger charge is 2.53. The highest BCUT2D eigenvalue weighted by molar-refractivity contribution is 6.57. The van der Waals surface area contributed by atoms with Gasteiger partial charge >= 0.3 is 5.92 Å². The second-order valence-corrected chi connectivity index (χ2v) is 10.8. The molecule has 7 nitrogen and oxygen atoms in total. The summed E-state index contributed by atoms with van der Waals surface area (Å²) in [5.41, 5.74) is 1.14. The summed E-state index contributed by atoms with van der Waals surface area (Å²) in [6.45, 7) is 0.0337. The predicted octanol–water partition coefficient (Wildman–Crippen LogP) is -1.95. The number of hydrogen-bond acceptors (Lipinski definition) is 4. The van der Waals surface area contributed by atoms with Gasteiger partial charge in [0.15, 0.2) is 0 Å². The molecule has 37 heavy (non-hydrogen) atoms. The molecule has 186 valence electrons. The number of amides is 4. The minimum atomic E-state index is -3.74. The molecule has 0 aliphatic carbocycles. The molecule has 2 aliphatic heterocycles. The maximum absolute atomic E-state index is 14.8. The summed E-state index contributed by atoms with van der Waals surface area (Å²) in [6.07, 6.45) is 0. The summed E-state index contributed by atoms with van der Waals surface area (Å²) >= 11 is 5.77. The molecule has 0 spiro atoms. The van der Waals surface area contributed by atoms with Crippen molar-refractivity contribution in [3.8, 4) is 0 Å². The first kappa shape index (κ1) is 27.0. The highest BCUT2D eigenvalue weighted by atomic mass is 35.5. The Hall–Kier alpha value is -3.01. The summed E-state index contributed by atoms with van der Waals surface area (Å²) in [6, 6.07) is 8.89. The lowest BCUT2D eigenvalue weighted by Crippen LogP contribution is -2.62. The third-order valence-electron chi connectivity index (χ3n) is 7.63. The largest absolute Gasteiger partial charge is 0.384 e. The van der Waals surface area contributed by atoms with Gasteiger partial charge < -0.3 is 14.5 Å². The molecule has 0 saturated carbocycles. The monoisotopic (exact) mass is 521 g/mol. The number of piperidine rings is 1. The number of hydrogen-bond donors (Lipinski definition) is 0. The van der Waals surface area contributed by atoms with Gasteiger partial charge in [-0.05, 0) is 40.4 Å². The maximum atomic E-state index is 14.8. The van der Waals surface area contributed by atoms with Gasteiger partial charge in [0.1, 0.15) is 29.6 Å². The van der Waals surface area contributed by atoms with Crippen molar-refractivity contribution >= 4 is 74.7 Å². The minimum Gasteiger partial charge on any atom is -0.384 e. The van der Waals surface area contributed by atoms with Crippen molar-refractivity contribution < 1.29 is 28.0 Å². The molecule has 2 heterocycles. The van der Waals surface area contributed by atoms with Crippen molar-refractivity contribution in [2.24, 2.45) is 0 Å². The summed E-state index contributed by atoms with van der Waals surface area (Å²) in [4.78, 5) is 55.0. The molecule has 4 rings (SSSR count). The van der Waals surface area contributed by atoms with E-state index in [1.165, 1.54) is 33.0 Å². The summed E-state index contributed by atoms with van der Waals surface area (Å²) in [5, 5.41) is -0.556. The van der Waals surface area contributed by atoms with E-state index < -0.39 is 40.4 Å². The molecule has 2 aromatic rings. The Morgan fingerprint density at radius 2 is 1.76 bits per heavy atom. The van der Waals surface area contributed by atoms with Crippen LogP contribution in [0, 0.1) is 0 Å². The van der Waals surface area contributed by atoms with Gasteiger partial charge in [0, 0.05) is 29.2 Å². The Bertz CT molecular complexity index is 1310. The van der Waals surface area contributed by atoms with Gasteiger partial charge in [0.25, 0.3) is 11.8 Å². The van der Waals surface area contributed by atoms with Gasteiger partial charge in [-0.25, -0.2) is 0 Å². The molecule has 2 atom stereocenters. The molecular formula is C22H23B5ClF2N3O4. The van der Waals surface area contributed by atoms with Gasteiger partial charge in [-0.2, -0.15) is 8.78 Å². The first-order chi connectivity index (χ1) is 17.2. The second-order valence-electron chi connectivity index (χ2n) is 10.3. The Kier molecular flexibility index (Phi) is 6.86. The number of alkyl halides is 2. The lowest BCUT2D eigenvalue weighted by atomic mass is 9.40. The smallest absolute Gasteiger partial charge is 0.348 e. The Morgan fingerprint density at radius 3 is 2.38 bits per heavy atom. The molecule has 2 unspecified atom stereocenters. The van der Waals surface area contributed by atoms with Crippen LogP contribution in [0.2, 0.25) is 16.1 Å². The number of fused-ring (bicyclic) bond motifs is 1. The molecule has 0 radical (unpaired) electrons. The Balaban J connectivity index is 1.53. The van der Waals surface area contributed by atoms with E-state index in [0.29, 0.717) is 16.7 Å². The van der Waals surface area contributed by atoms with Crippen LogP contribution in [-0.4, -0.2) is 83.7 Å². The number of carbonyl (C=O) groups excluding carboxylic acids is 4. The molecule has 0 aromatic heterocycles. The predicted molar refractivity (Wildman–Crippen MR) is 147 cm³/mol. The lowest BCUT2D eigenvalue weighted by Gasteiger charge is -2.47. The number of nitrogens with zero attached hydrogens (tertiary/aromatic N) is 3. The van der Waals surface area contributed by atoms with Crippen LogP contribution in [0.3, 0.4) is 0 Å². The highest BCUT2D eigenvalue weighted by Crippen LogP contribution is 2.44. The first-order valence-electron chi connectivity index (χ1n) is 11.8. The van der Waals surface area contributed by atoms with Crippen molar-refractivity contribution in [3.63, 3.8) is 0 Å². The lowest BCUT2D eigenvalue weighted by molar-refractivity contribution is -0.154. The Morgan fingerprint density at radius 1 is 1.14 bits per heavy atom. The van der Waals surface area contributed by atoms with Crippen molar-refractivity contribution in [2.75, 3.05) is 0 Å². The third-order valence-corrected chi connectivity index (χ3v) is 7.88. The number of halogens is 3. The van der Waals surface area contributed by atoms with Crippen molar-refractivity contribution in [1.82, 2.24) is 14.5 Å². The molecule has 0 N–H and O–H groups in total. The average molecular weight is 521 g/mol. The first-order valence-corrected chi connectivity index (χ1v) is 12.2. The zero-order chi connectivity index (χ0) is 27.4. The zero-order valence-electron chi connectivity index (χ0n) is 21.2. The number of benzene rings is 2. The van der Waals surface area contributed by atoms with Crippen LogP contribution in [0.15, 0.2) is 42.5 Å². The van der Waals surface area contributed by atoms with Crippen LogP contribution in [0.5, 0.6) is 0 Å². The molecule has 2 aliphatic rings. The average Bonchev–Trinajstić information content (AvgIpc) is 3.17. The van der Waals surface area contributed by atoms with E-state index >= 15 is 0 Å².